The molecule has 0 amide bonds. The average Bonchev–Trinajstić information content (AvgIpc) is 2.36. The van der Waals surface area contributed by atoms with Crippen molar-refractivity contribution in [2.24, 2.45) is 0 Å². The number of rotatable bonds is 5. The minimum absolute atomic E-state index is 0.0229. The summed E-state index contributed by atoms with van der Waals surface area (Å²) in [7, 11) is -4.52. The largest absolute Gasteiger partial charge is 0.477 e. The minimum Gasteiger partial charge on any atom is -0.477 e. The summed E-state index contributed by atoms with van der Waals surface area (Å²) in [4.78, 5) is 11.2. The Hall–Kier alpha value is -2.10. The van der Waals surface area contributed by atoms with Gasteiger partial charge in [0, 0.05) is 10.5 Å². The summed E-state index contributed by atoms with van der Waals surface area (Å²) >= 11 is 0. The van der Waals surface area contributed by atoms with Crippen molar-refractivity contribution in [2.75, 3.05) is 6.61 Å². The highest BCUT2D eigenvalue weighted by Crippen LogP contribution is 2.14. The number of fused-ring (bicyclic) bond motifs is 1. The monoisotopic (exact) mass is 299 g/mol. The van der Waals surface area contributed by atoms with Crippen LogP contribution < -0.4 is 4.68 Å². The van der Waals surface area contributed by atoms with Gasteiger partial charge in [0.25, 0.3) is 0 Å². The van der Waals surface area contributed by atoms with Gasteiger partial charge in [-0.05, 0) is 6.07 Å². The molecule has 2 aromatic rings. The Bertz CT molecular complexity index is 759. The van der Waals surface area contributed by atoms with Crippen LogP contribution in [0.1, 0.15) is 10.4 Å². The number of aromatic carboxylic acids is 1. The van der Waals surface area contributed by atoms with Crippen molar-refractivity contribution < 1.29 is 31.7 Å². The third-order valence-corrected chi connectivity index (χ3v) is 2.96. The molecule has 0 radical (unpaired) electrons. The van der Waals surface area contributed by atoms with E-state index in [2.05, 4.69) is 9.28 Å². The van der Waals surface area contributed by atoms with Gasteiger partial charge in [-0.25, -0.2) is 8.98 Å². The van der Waals surface area contributed by atoms with Gasteiger partial charge >= 0.3 is 16.4 Å². The van der Waals surface area contributed by atoms with E-state index in [0.717, 1.165) is 0 Å². The standard InChI is InChI=1S/C11H10N2O6S/c14-11(15)9-7-13(5-6-19-20(16,17)18)12-10-4-2-1-3-8(9)10/h1-4,7H,5-6H2,(H-,14,15,16,17,18)/p+1. The number of hydrogen-bond acceptors (Lipinski definition) is 5. The van der Waals surface area contributed by atoms with E-state index in [-0.39, 0.29) is 18.7 Å². The Labute approximate surface area is 114 Å². The summed E-state index contributed by atoms with van der Waals surface area (Å²) < 4.78 is 34.7. The molecular formula is C11H11N2O6S+. The lowest BCUT2D eigenvalue weighted by molar-refractivity contribution is -0.752. The number of carbonyl (C=O) groups is 1. The van der Waals surface area contributed by atoms with Crippen LogP contribution in [0, 0.1) is 0 Å². The summed E-state index contributed by atoms with van der Waals surface area (Å²) in [6, 6.07) is 6.68. The molecule has 0 aliphatic rings. The third-order valence-electron chi connectivity index (χ3n) is 2.49. The van der Waals surface area contributed by atoms with Crippen molar-refractivity contribution in [1.82, 2.24) is 5.10 Å². The smallest absolute Gasteiger partial charge is 0.397 e. The fraction of sp³-hybridized carbons (Fsp3) is 0.182. The van der Waals surface area contributed by atoms with Crippen LogP contribution in [0.4, 0.5) is 0 Å². The first kappa shape index (κ1) is 14.3. The summed E-state index contributed by atoms with van der Waals surface area (Å²) in [6.45, 7) is -0.376. The van der Waals surface area contributed by atoms with Crippen molar-refractivity contribution in [1.29, 1.82) is 0 Å². The lowest BCUT2D eigenvalue weighted by Crippen LogP contribution is -2.41. The Morgan fingerprint density at radius 3 is 2.70 bits per heavy atom. The highest BCUT2D eigenvalue weighted by atomic mass is 32.3. The number of carboxylic acids is 1. The molecule has 0 spiro atoms. The van der Waals surface area contributed by atoms with E-state index < -0.39 is 16.4 Å². The number of nitrogens with zero attached hydrogens (tertiary/aromatic N) is 2. The molecule has 106 valence electrons. The van der Waals surface area contributed by atoms with Crippen molar-refractivity contribution in [3.63, 3.8) is 0 Å². The summed E-state index contributed by atoms with van der Waals surface area (Å²) in [6.07, 6.45) is 1.28. The number of aromatic nitrogens is 2. The minimum atomic E-state index is -4.52. The summed E-state index contributed by atoms with van der Waals surface area (Å²) in [5, 5.41) is 13.8. The zero-order valence-corrected chi connectivity index (χ0v) is 10.9. The Balaban J connectivity index is 2.33. The Morgan fingerprint density at radius 2 is 2.05 bits per heavy atom. The lowest BCUT2D eigenvalue weighted by Gasteiger charge is -2.01. The van der Waals surface area contributed by atoms with Crippen LogP contribution in [0.5, 0.6) is 0 Å². The van der Waals surface area contributed by atoms with E-state index in [4.69, 9.17) is 9.66 Å². The molecule has 1 aromatic carbocycles. The maximum Gasteiger partial charge on any atom is 0.397 e. The predicted molar refractivity (Wildman–Crippen MR) is 66.4 cm³/mol. The second kappa shape index (κ2) is 5.49. The van der Waals surface area contributed by atoms with Crippen LogP contribution in [-0.2, 0) is 21.1 Å². The molecule has 20 heavy (non-hydrogen) atoms. The Kier molecular flexibility index (Phi) is 3.93. The van der Waals surface area contributed by atoms with Crippen LogP contribution in [0.3, 0.4) is 0 Å². The van der Waals surface area contributed by atoms with Gasteiger partial charge in [0.15, 0.2) is 6.54 Å². The van der Waals surface area contributed by atoms with Gasteiger partial charge in [-0.2, -0.15) is 8.42 Å². The first-order valence-corrected chi connectivity index (χ1v) is 6.88. The molecule has 9 heteroatoms. The summed E-state index contributed by atoms with van der Waals surface area (Å²) in [5.74, 6) is -1.12. The average molecular weight is 299 g/mol. The van der Waals surface area contributed by atoms with Crippen molar-refractivity contribution in [2.45, 2.75) is 6.54 Å². The first-order chi connectivity index (χ1) is 9.37. The molecule has 1 heterocycles. The van der Waals surface area contributed by atoms with Crippen molar-refractivity contribution in [3.05, 3.63) is 36.0 Å². The lowest BCUT2D eigenvalue weighted by atomic mass is 10.1. The number of carboxylic acid groups (broad SMARTS) is 1. The quantitative estimate of drug-likeness (QED) is 0.591. The summed E-state index contributed by atoms with van der Waals surface area (Å²) in [5.41, 5.74) is 0.502. The molecular weight excluding hydrogens is 288 g/mol. The molecule has 0 aliphatic heterocycles. The molecule has 0 saturated carbocycles. The fourth-order valence-corrected chi connectivity index (χ4v) is 1.98. The van der Waals surface area contributed by atoms with Gasteiger partial charge in [-0.3, -0.25) is 4.55 Å². The Morgan fingerprint density at radius 1 is 1.35 bits per heavy atom. The molecule has 0 aliphatic carbocycles. The molecule has 0 saturated heterocycles. The van der Waals surface area contributed by atoms with E-state index in [1.54, 1.807) is 24.3 Å². The molecule has 1 aromatic heterocycles. The van der Waals surface area contributed by atoms with Gasteiger partial charge in [0.2, 0.25) is 6.20 Å². The molecule has 0 fully saturated rings. The van der Waals surface area contributed by atoms with E-state index in [9.17, 15) is 13.2 Å². The van der Waals surface area contributed by atoms with E-state index >= 15 is 0 Å². The van der Waals surface area contributed by atoms with E-state index in [1.807, 2.05) is 0 Å². The van der Waals surface area contributed by atoms with Gasteiger partial charge in [0.05, 0.1) is 0 Å². The SMILES string of the molecule is O=C(O)c1c[n+](CCOS(=O)(=O)O)nc2ccccc12. The zero-order chi connectivity index (χ0) is 14.8. The molecule has 0 unspecified atom stereocenters. The number of benzene rings is 1. The third kappa shape index (κ3) is 3.47. The highest BCUT2D eigenvalue weighted by Gasteiger charge is 2.17. The highest BCUT2D eigenvalue weighted by molar-refractivity contribution is 7.80. The number of hydrogen-bond donors (Lipinski definition) is 2. The topological polar surface area (TPSA) is 118 Å². The zero-order valence-electron chi connectivity index (χ0n) is 10.1. The maximum atomic E-state index is 11.2. The molecule has 0 bridgehead atoms. The van der Waals surface area contributed by atoms with Crippen LogP contribution in [0.25, 0.3) is 10.9 Å². The van der Waals surface area contributed by atoms with Crippen LogP contribution in [0.2, 0.25) is 0 Å². The van der Waals surface area contributed by atoms with Gasteiger partial charge in [0.1, 0.15) is 17.7 Å². The second-order valence-electron chi connectivity index (χ2n) is 3.88. The molecule has 0 atom stereocenters. The molecule has 8 nitrogen and oxygen atoms in total. The van der Waals surface area contributed by atoms with E-state index in [1.165, 1.54) is 10.9 Å². The predicted octanol–water partition coefficient (Wildman–Crippen LogP) is 0.0399. The molecule has 2 N–H and O–H groups in total. The van der Waals surface area contributed by atoms with Crippen molar-refractivity contribution in [3.8, 4) is 0 Å². The van der Waals surface area contributed by atoms with Crippen molar-refractivity contribution >= 4 is 27.3 Å². The van der Waals surface area contributed by atoms with Crippen LogP contribution >= 0.6 is 0 Å². The second-order valence-corrected chi connectivity index (χ2v) is 4.97. The maximum absolute atomic E-state index is 11.2. The normalized spacial score (nSPS) is 11.7. The van der Waals surface area contributed by atoms with Crippen LogP contribution in [0.15, 0.2) is 30.5 Å². The first-order valence-electron chi connectivity index (χ1n) is 5.51. The van der Waals surface area contributed by atoms with Gasteiger partial charge in [-0.1, -0.05) is 22.9 Å². The molecule has 2 rings (SSSR count). The van der Waals surface area contributed by atoms with Crippen LogP contribution in [-0.4, -0.2) is 35.8 Å². The fourth-order valence-electron chi connectivity index (χ4n) is 1.70. The van der Waals surface area contributed by atoms with E-state index in [0.29, 0.717) is 10.9 Å². The van der Waals surface area contributed by atoms with Gasteiger partial charge < -0.3 is 5.11 Å². The van der Waals surface area contributed by atoms with Gasteiger partial charge in [-0.15, -0.1) is 0 Å².